The summed E-state index contributed by atoms with van der Waals surface area (Å²) in [4.78, 5) is 27.8. The second-order valence-corrected chi connectivity index (χ2v) is 8.24. The molecule has 1 saturated heterocycles. The summed E-state index contributed by atoms with van der Waals surface area (Å²) in [6.45, 7) is 6.98. The zero-order valence-electron chi connectivity index (χ0n) is 18.7. The van der Waals surface area contributed by atoms with E-state index in [4.69, 9.17) is 9.26 Å². The average Bonchev–Trinajstić information content (AvgIpc) is 3.10. The van der Waals surface area contributed by atoms with Crippen molar-refractivity contribution in [1.82, 2.24) is 10.1 Å². The fraction of sp³-hybridized carbons (Fsp3) is 0.480. The molecular formula is C25H32N2O4. The minimum Gasteiger partial charge on any atom is -0.466 e. The van der Waals surface area contributed by atoms with Gasteiger partial charge in [-0.1, -0.05) is 47.6 Å². The standard InChI is InChI=1S/C25H32N2O4/c1-4-30-24(29)25(15-8-12-21-10-6-5-7-11-21)16-9-17-27(18-25)23(28)14-13-22-19(2)26-31-20(22)3/h5-8,10-12H,4,9,13-18H2,1-3H3/b12-8+. The lowest BCUT2D eigenvalue weighted by atomic mass is 9.76. The number of aromatic nitrogens is 1. The lowest BCUT2D eigenvalue weighted by Gasteiger charge is -2.40. The molecule has 0 saturated carbocycles. The number of esters is 1. The van der Waals surface area contributed by atoms with Crippen LogP contribution < -0.4 is 0 Å². The Bertz CT molecular complexity index is 899. The van der Waals surface area contributed by atoms with E-state index >= 15 is 0 Å². The number of aryl methyl sites for hydroxylation is 2. The van der Waals surface area contributed by atoms with E-state index in [0.29, 0.717) is 39.0 Å². The predicted molar refractivity (Wildman–Crippen MR) is 119 cm³/mol. The molecular weight excluding hydrogens is 392 g/mol. The summed E-state index contributed by atoms with van der Waals surface area (Å²) in [5.74, 6) is 0.604. The summed E-state index contributed by atoms with van der Waals surface area (Å²) in [7, 11) is 0. The Labute approximate surface area is 184 Å². The van der Waals surface area contributed by atoms with Crippen LogP contribution in [0.2, 0.25) is 0 Å². The lowest BCUT2D eigenvalue weighted by Crippen LogP contribution is -2.50. The van der Waals surface area contributed by atoms with Crippen LogP contribution in [0.3, 0.4) is 0 Å². The summed E-state index contributed by atoms with van der Waals surface area (Å²) in [6, 6.07) is 10.0. The molecule has 1 aromatic heterocycles. The minimum absolute atomic E-state index is 0.0559. The first-order chi connectivity index (χ1) is 14.9. The zero-order valence-corrected chi connectivity index (χ0v) is 18.7. The summed E-state index contributed by atoms with van der Waals surface area (Å²) in [5, 5.41) is 3.96. The van der Waals surface area contributed by atoms with Gasteiger partial charge in [0, 0.05) is 25.1 Å². The van der Waals surface area contributed by atoms with Crippen LogP contribution in [0.1, 0.15) is 55.2 Å². The van der Waals surface area contributed by atoms with E-state index in [1.54, 1.807) is 0 Å². The van der Waals surface area contributed by atoms with Crippen molar-refractivity contribution in [2.24, 2.45) is 5.41 Å². The molecule has 2 heterocycles. The molecule has 31 heavy (non-hydrogen) atoms. The number of nitrogens with zero attached hydrogens (tertiary/aromatic N) is 2. The van der Waals surface area contributed by atoms with Gasteiger partial charge in [-0.25, -0.2) is 0 Å². The van der Waals surface area contributed by atoms with E-state index < -0.39 is 5.41 Å². The molecule has 0 radical (unpaired) electrons. The number of hydrogen-bond donors (Lipinski definition) is 0. The number of rotatable bonds is 8. The summed E-state index contributed by atoms with van der Waals surface area (Å²) in [6.07, 6.45) is 7.09. The van der Waals surface area contributed by atoms with Gasteiger partial charge in [0.15, 0.2) is 0 Å². The van der Waals surface area contributed by atoms with Crippen molar-refractivity contribution in [3.63, 3.8) is 0 Å². The molecule has 0 bridgehead atoms. The smallest absolute Gasteiger partial charge is 0.314 e. The SMILES string of the molecule is CCOC(=O)C1(C/C=C/c2ccccc2)CCCN(C(=O)CCc2c(C)noc2C)C1. The average molecular weight is 425 g/mol. The molecule has 1 aliphatic heterocycles. The van der Waals surface area contributed by atoms with Crippen molar-refractivity contribution in [1.29, 1.82) is 0 Å². The molecule has 6 heteroatoms. The highest BCUT2D eigenvalue weighted by Gasteiger charge is 2.43. The van der Waals surface area contributed by atoms with E-state index in [1.807, 2.05) is 68.2 Å². The van der Waals surface area contributed by atoms with Gasteiger partial charge in [0.2, 0.25) is 5.91 Å². The zero-order chi connectivity index (χ0) is 22.3. The second-order valence-electron chi connectivity index (χ2n) is 8.24. The van der Waals surface area contributed by atoms with Gasteiger partial charge in [0.05, 0.1) is 17.7 Å². The topological polar surface area (TPSA) is 72.6 Å². The van der Waals surface area contributed by atoms with E-state index in [2.05, 4.69) is 5.16 Å². The van der Waals surface area contributed by atoms with Crippen LogP contribution in [-0.4, -0.2) is 41.6 Å². The molecule has 1 unspecified atom stereocenters. The largest absolute Gasteiger partial charge is 0.466 e. The Morgan fingerprint density at radius 2 is 2.03 bits per heavy atom. The third-order valence-corrected chi connectivity index (χ3v) is 6.03. The van der Waals surface area contributed by atoms with Crippen molar-refractivity contribution in [2.45, 2.75) is 52.9 Å². The van der Waals surface area contributed by atoms with Gasteiger partial charge in [-0.05, 0) is 52.0 Å². The third kappa shape index (κ3) is 5.63. The molecule has 2 aromatic rings. The van der Waals surface area contributed by atoms with Crippen LogP contribution >= 0.6 is 0 Å². The van der Waals surface area contributed by atoms with E-state index in [1.165, 1.54) is 0 Å². The molecule has 0 aliphatic carbocycles. The van der Waals surface area contributed by atoms with Gasteiger partial charge >= 0.3 is 5.97 Å². The van der Waals surface area contributed by atoms with Gasteiger partial charge in [0.1, 0.15) is 5.76 Å². The summed E-state index contributed by atoms with van der Waals surface area (Å²) < 4.78 is 10.6. The molecule has 166 valence electrons. The highest BCUT2D eigenvalue weighted by Crippen LogP contribution is 2.36. The Morgan fingerprint density at radius 3 is 2.71 bits per heavy atom. The summed E-state index contributed by atoms with van der Waals surface area (Å²) >= 11 is 0. The fourth-order valence-electron chi connectivity index (χ4n) is 4.28. The summed E-state index contributed by atoms with van der Waals surface area (Å²) in [5.41, 5.74) is 2.21. The molecule has 6 nitrogen and oxygen atoms in total. The predicted octanol–water partition coefficient (Wildman–Crippen LogP) is 4.50. The number of likely N-dealkylation sites (tertiary alicyclic amines) is 1. The first-order valence-corrected chi connectivity index (χ1v) is 11.0. The number of amides is 1. The highest BCUT2D eigenvalue weighted by molar-refractivity contribution is 5.81. The van der Waals surface area contributed by atoms with Gasteiger partial charge in [-0.3, -0.25) is 9.59 Å². The Hall–Kier alpha value is -2.89. The van der Waals surface area contributed by atoms with Gasteiger partial charge in [-0.2, -0.15) is 0 Å². The first-order valence-electron chi connectivity index (χ1n) is 11.0. The molecule has 1 aromatic carbocycles. The maximum Gasteiger partial charge on any atom is 0.314 e. The van der Waals surface area contributed by atoms with Crippen molar-refractivity contribution >= 4 is 18.0 Å². The quantitative estimate of drug-likeness (QED) is 0.584. The van der Waals surface area contributed by atoms with Crippen molar-refractivity contribution in [3.05, 3.63) is 59.0 Å². The minimum atomic E-state index is -0.696. The number of piperidine rings is 1. The number of carbonyl (C=O) groups is 2. The van der Waals surface area contributed by atoms with E-state index in [9.17, 15) is 9.59 Å². The molecule has 1 aliphatic rings. The van der Waals surface area contributed by atoms with Crippen LogP contribution in [-0.2, 0) is 20.7 Å². The number of carbonyl (C=O) groups excluding carboxylic acids is 2. The highest BCUT2D eigenvalue weighted by atomic mass is 16.5. The lowest BCUT2D eigenvalue weighted by molar-refractivity contribution is -0.160. The maximum atomic E-state index is 13.0. The van der Waals surface area contributed by atoms with Crippen molar-refractivity contribution < 1.29 is 18.8 Å². The molecule has 1 amide bonds. The van der Waals surface area contributed by atoms with Crippen LogP contribution in [0, 0.1) is 19.3 Å². The van der Waals surface area contributed by atoms with Gasteiger partial charge in [0.25, 0.3) is 0 Å². The van der Waals surface area contributed by atoms with Crippen LogP contribution in [0.15, 0.2) is 40.9 Å². The van der Waals surface area contributed by atoms with Crippen LogP contribution in [0.25, 0.3) is 6.08 Å². The molecule has 0 spiro atoms. The second kappa shape index (κ2) is 10.4. The van der Waals surface area contributed by atoms with Crippen LogP contribution in [0.5, 0.6) is 0 Å². The number of benzene rings is 1. The third-order valence-electron chi connectivity index (χ3n) is 6.03. The van der Waals surface area contributed by atoms with Crippen LogP contribution in [0.4, 0.5) is 0 Å². The number of hydrogen-bond acceptors (Lipinski definition) is 5. The first kappa shape index (κ1) is 22.8. The van der Waals surface area contributed by atoms with Crippen molar-refractivity contribution in [2.75, 3.05) is 19.7 Å². The Balaban J connectivity index is 1.69. The fourth-order valence-corrected chi connectivity index (χ4v) is 4.28. The molecule has 1 fully saturated rings. The number of ether oxygens (including phenoxy) is 1. The van der Waals surface area contributed by atoms with Crippen molar-refractivity contribution in [3.8, 4) is 0 Å². The van der Waals surface area contributed by atoms with E-state index in [0.717, 1.165) is 35.4 Å². The molecule has 1 atom stereocenters. The van der Waals surface area contributed by atoms with E-state index in [-0.39, 0.29) is 11.9 Å². The Kier molecular flexibility index (Phi) is 7.66. The molecule has 3 rings (SSSR count). The number of allylic oxidation sites excluding steroid dienone is 1. The normalized spacial score (nSPS) is 19.0. The monoisotopic (exact) mass is 424 g/mol. The Morgan fingerprint density at radius 1 is 1.26 bits per heavy atom. The van der Waals surface area contributed by atoms with Gasteiger partial charge in [-0.15, -0.1) is 0 Å². The molecule has 0 N–H and O–H groups in total. The maximum absolute atomic E-state index is 13.0. The van der Waals surface area contributed by atoms with Gasteiger partial charge < -0.3 is 14.2 Å².